The summed E-state index contributed by atoms with van der Waals surface area (Å²) < 4.78 is 0. The average Bonchev–Trinajstić information content (AvgIpc) is 2.39. The van der Waals surface area contributed by atoms with Gasteiger partial charge in [0.1, 0.15) is 6.07 Å². The van der Waals surface area contributed by atoms with Gasteiger partial charge in [0.2, 0.25) is 0 Å². The van der Waals surface area contributed by atoms with Crippen molar-refractivity contribution >= 4 is 5.69 Å². The molecule has 0 amide bonds. The second kappa shape index (κ2) is 4.98. The molecule has 3 nitrogen and oxygen atoms in total. The second-order valence-corrected chi connectivity index (χ2v) is 4.41. The molecule has 1 saturated carbocycles. The summed E-state index contributed by atoms with van der Waals surface area (Å²) in [5.74, 6) is 0. The van der Waals surface area contributed by atoms with E-state index in [1.807, 2.05) is 0 Å². The van der Waals surface area contributed by atoms with E-state index in [1.54, 1.807) is 18.5 Å². The predicted molar refractivity (Wildman–Crippen MR) is 64.2 cm³/mol. The van der Waals surface area contributed by atoms with Crippen molar-refractivity contribution in [3.8, 4) is 6.07 Å². The van der Waals surface area contributed by atoms with Gasteiger partial charge in [0.05, 0.1) is 17.4 Å². The first kappa shape index (κ1) is 10.9. The number of nitriles is 1. The Morgan fingerprint density at radius 3 is 2.81 bits per heavy atom. The first-order chi connectivity index (χ1) is 7.83. The summed E-state index contributed by atoms with van der Waals surface area (Å²) in [5, 5.41) is 9.06. The van der Waals surface area contributed by atoms with Crippen LogP contribution >= 0.6 is 0 Å². The van der Waals surface area contributed by atoms with E-state index in [0.29, 0.717) is 6.04 Å². The zero-order chi connectivity index (χ0) is 11.4. The number of aromatic nitrogens is 1. The molecule has 0 bridgehead atoms. The minimum Gasteiger partial charge on any atom is -0.369 e. The molecule has 84 valence electrons. The fourth-order valence-corrected chi connectivity index (χ4v) is 2.43. The highest BCUT2D eigenvalue weighted by Gasteiger charge is 2.20. The molecular formula is C13H17N3. The zero-order valence-corrected chi connectivity index (χ0v) is 9.69. The molecule has 2 rings (SSSR count). The molecule has 0 aliphatic heterocycles. The molecule has 3 heteroatoms. The topological polar surface area (TPSA) is 39.9 Å². The summed E-state index contributed by atoms with van der Waals surface area (Å²) in [6.07, 6.45) is 9.90. The maximum Gasteiger partial charge on any atom is 0.101 e. The maximum absolute atomic E-state index is 9.06. The Bertz CT molecular complexity index is 388. The van der Waals surface area contributed by atoms with Crippen LogP contribution in [-0.2, 0) is 0 Å². The maximum atomic E-state index is 9.06. The van der Waals surface area contributed by atoms with Crippen LogP contribution in [0.15, 0.2) is 18.5 Å². The van der Waals surface area contributed by atoms with Gasteiger partial charge in [-0.2, -0.15) is 5.26 Å². The van der Waals surface area contributed by atoms with E-state index in [4.69, 9.17) is 5.26 Å². The van der Waals surface area contributed by atoms with Gasteiger partial charge in [-0.25, -0.2) is 0 Å². The Balaban J connectivity index is 2.19. The Kier molecular flexibility index (Phi) is 3.40. The molecular weight excluding hydrogens is 198 g/mol. The van der Waals surface area contributed by atoms with E-state index >= 15 is 0 Å². The van der Waals surface area contributed by atoms with Crippen molar-refractivity contribution in [2.45, 2.75) is 38.1 Å². The van der Waals surface area contributed by atoms with E-state index in [1.165, 1.54) is 32.1 Å². The lowest BCUT2D eigenvalue weighted by Gasteiger charge is -2.33. The fourth-order valence-electron chi connectivity index (χ4n) is 2.43. The third-order valence-electron chi connectivity index (χ3n) is 3.42. The quantitative estimate of drug-likeness (QED) is 0.761. The zero-order valence-electron chi connectivity index (χ0n) is 9.69. The monoisotopic (exact) mass is 215 g/mol. The second-order valence-electron chi connectivity index (χ2n) is 4.41. The molecule has 0 saturated heterocycles. The minimum absolute atomic E-state index is 0.574. The lowest BCUT2D eigenvalue weighted by molar-refractivity contribution is 0.427. The summed E-state index contributed by atoms with van der Waals surface area (Å²) >= 11 is 0. The largest absolute Gasteiger partial charge is 0.369 e. The molecule has 0 N–H and O–H groups in total. The summed E-state index contributed by atoms with van der Waals surface area (Å²) in [5.41, 5.74) is 1.69. The van der Waals surface area contributed by atoms with Gasteiger partial charge in [-0.05, 0) is 18.9 Å². The molecule has 1 heterocycles. The normalized spacial score (nSPS) is 16.8. The third-order valence-corrected chi connectivity index (χ3v) is 3.42. The van der Waals surface area contributed by atoms with Crippen molar-refractivity contribution in [1.82, 2.24) is 4.98 Å². The molecule has 0 atom stereocenters. The lowest BCUT2D eigenvalue weighted by atomic mass is 9.94. The van der Waals surface area contributed by atoms with Gasteiger partial charge >= 0.3 is 0 Å². The van der Waals surface area contributed by atoms with Gasteiger partial charge in [-0.3, -0.25) is 4.98 Å². The average molecular weight is 215 g/mol. The number of anilines is 1. The van der Waals surface area contributed by atoms with Crippen LogP contribution in [0.25, 0.3) is 0 Å². The van der Waals surface area contributed by atoms with Gasteiger partial charge in [0.15, 0.2) is 0 Å². The van der Waals surface area contributed by atoms with Crippen molar-refractivity contribution in [2.75, 3.05) is 11.9 Å². The summed E-state index contributed by atoms with van der Waals surface area (Å²) in [6.45, 7) is 0. The molecule has 1 aromatic heterocycles. The number of nitrogens with zero attached hydrogens (tertiary/aromatic N) is 3. The van der Waals surface area contributed by atoms with Crippen LogP contribution in [0.2, 0.25) is 0 Å². The summed E-state index contributed by atoms with van der Waals surface area (Å²) in [4.78, 5) is 6.34. The Morgan fingerprint density at radius 2 is 2.12 bits per heavy atom. The van der Waals surface area contributed by atoms with Crippen LogP contribution in [0.3, 0.4) is 0 Å². The van der Waals surface area contributed by atoms with E-state index in [0.717, 1.165) is 11.3 Å². The molecule has 0 radical (unpaired) electrons. The van der Waals surface area contributed by atoms with Gasteiger partial charge in [-0.15, -0.1) is 0 Å². The van der Waals surface area contributed by atoms with Crippen LogP contribution in [0.5, 0.6) is 0 Å². The highest BCUT2D eigenvalue weighted by atomic mass is 15.1. The van der Waals surface area contributed by atoms with Crippen LogP contribution in [0.1, 0.15) is 37.7 Å². The van der Waals surface area contributed by atoms with Crippen LogP contribution in [0.4, 0.5) is 5.69 Å². The summed E-state index contributed by atoms with van der Waals surface area (Å²) in [7, 11) is 2.08. The Hall–Kier alpha value is -1.56. The minimum atomic E-state index is 0.574. The molecule has 0 unspecified atom stereocenters. The van der Waals surface area contributed by atoms with Crippen molar-refractivity contribution in [1.29, 1.82) is 5.26 Å². The van der Waals surface area contributed by atoms with Crippen LogP contribution in [0, 0.1) is 11.3 Å². The van der Waals surface area contributed by atoms with Gasteiger partial charge in [-0.1, -0.05) is 19.3 Å². The number of hydrogen-bond donors (Lipinski definition) is 0. The molecule has 0 spiro atoms. The van der Waals surface area contributed by atoms with Crippen molar-refractivity contribution in [3.05, 3.63) is 24.0 Å². The van der Waals surface area contributed by atoms with Crippen molar-refractivity contribution in [3.63, 3.8) is 0 Å². The standard InChI is InChI=1S/C13H17N3/c1-16(12-5-3-2-4-6-12)13-10-15-8-7-11(13)9-14/h7-8,10,12H,2-6H2,1H3. The molecule has 1 aromatic rings. The summed E-state index contributed by atoms with van der Waals surface area (Å²) in [6, 6.07) is 4.59. The number of rotatable bonds is 2. The Morgan fingerprint density at radius 1 is 1.38 bits per heavy atom. The first-order valence-electron chi connectivity index (χ1n) is 5.90. The SMILES string of the molecule is CN(c1cnccc1C#N)C1CCCCC1. The highest BCUT2D eigenvalue weighted by molar-refractivity contribution is 5.57. The van der Waals surface area contributed by atoms with Gasteiger partial charge < -0.3 is 4.90 Å². The van der Waals surface area contributed by atoms with E-state index in [9.17, 15) is 0 Å². The molecule has 1 fully saturated rings. The molecule has 0 aromatic carbocycles. The van der Waals surface area contributed by atoms with E-state index < -0.39 is 0 Å². The molecule has 1 aliphatic rings. The first-order valence-corrected chi connectivity index (χ1v) is 5.90. The fraction of sp³-hybridized carbons (Fsp3) is 0.538. The van der Waals surface area contributed by atoms with E-state index in [2.05, 4.69) is 23.0 Å². The molecule has 1 aliphatic carbocycles. The number of pyridine rings is 1. The van der Waals surface area contributed by atoms with Gasteiger partial charge in [0.25, 0.3) is 0 Å². The van der Waals surface area contributed by atoms with E-state index in [-0.39, 0.29) is 0 Å². The lowest BCUT2D eigenvalue weighted by Crippen LogP contribution is -2.33. The number of hydrogen-bond acceptors (Lipinski definition) is 3. The Labute approximate surface area is 96.7 Å². The van der Waals surface area contributed by atoms with Crippen LogP contribution < -0.4 is 4.90 Å². The molecule has 16 heavy (non-hydrogen) atoms. The highest BCUT2D eigenvalue weighted by Crippen LogP contribution is 2.27. The van der Waals surface area contributed by atoms with Crippen LogP contribution in [-0.4, -0.2) is 18.1 Å². The third kappa shape index (κ3) is 2.16. The van der Waals surface area contributed by atoms with Gasteiger partial charge in [0, 0.05) is 19.3 Å². The smallest absolute Gasteiger partial charge is 0.101 e. The van der Waals surface area contributed by atoms with Crippen molar-refractivity contribution in [2.24, 2.45) is 0 Å². The predicted octanol–water partition coefficient (Wildman–Crippen LogP) is 2.72. The van der Waals surface area contributed by atoms with Crippen molar-refractivity contribution < 1.29 is 0 Å².